The van der Waals surface area contributed by atoms with Gasteiger partial charge in [-0.3, -0.25) is 4.79 Å². The third-order valence-corrected chi connectivity index (χ3v) is 13.7. The Labute approximate surface area is 199 Å². The summed E-state index contributed by atoms with van der Waals surface area (Å²) in [7, 11) is -18.3. The molecule has 0 aliphatic carbocycles. The first kappa shape index (κ1) is 28.9. The first-order valence-electron chi connectivity index (χ1n) is 9.27. The highest BCUT2D eigenvalue weighted by Gasteiger charge is 2.65. The van der Waals surface area contributed by atoms with Gasteiger partial charge in [0.05, 0.1) is 0 Å². The number of carbonyl (C=O) groups excluding carboxylic acids is 1. The second-order valence-corrected chi connectivity index (χ2v) is 14.7. The quantitative estimate of drug-likeness (QED) is 0.270. The predicted octanol–water partition coefficient (Wildman–Crippen LogP) is 4.83. The maximum Gasteiger partial charge on any atom is 0.513 e. The van der Waals surface area contributed by atoms with Gasteiger partial charge >= 0.3 is 37.0 Å². The Morgan fingerprint density at radius 1 is 0.857 bits per heavy atom. The van der Waals surface area contributed by atoms with Gasteiger partial charge in [-0.05, 0) is 51.7 Å². The Hall–Kier alpha value is -2.30. The number of ether oxygens (including phenoxy) is 1. The van der Waals surface area contributed by atoms with E-state index in [-0.39, 0.29) is 11.3 Å². The third kappa shape index (κ3) is 5.76. The lowest BCUT2D eigenvalue weighted by atomic mass is 10.1. The molecule has 0 heterocycles. The second-order valence-electron chi connectivity index (χ2n) is 7.24. The number of halogens is 6. The van der Waals surface area contributed by atoms with Gasteiger partial charge in [0.15, 0.2) is 0 Å². The van der Waals surface area contributed by atoms with Crippen LogP contribution in [0.1, 0.15) is 18.1 Å². The molecule has 0 fully saturated rings. The van der Waals surface area contributed by atoms with Crippen molar-refractivity contribution in [1.82, 2.24) is 3.12 Å². The van der Waals surface area contributed by atoms with E-state index in [2.05, 4.69) is 0 Å². The van der Waals surface area contributed by atoms with Crippen LogP contribution in [-0.4, -0.2) is 43.2 Å². The van der Waals surface area contributed by atoms with Gasteiger partial charge in [0.25, 0.3) is 0 Å². The van der Waals surface area contributed by atoms with Crippen LogP contribution in [0.4, 0.5) is 26.3 Å². The average Bonchev–Trinajstić information content (AvgIpc) is 2.67. The number of hydrogen-bond acceptors (Lipinski definition) is 6. The lowest BCUT2D eigenvalue weighted by Crippen LogP contribution is -2.50. The number of esters is 1. The first-order valence-corrected chi connectivity index (χ1v) is 14.3. The van der Waals surface area contributed by atoms with Crippen molar-refractivity contribution in [2.75, 3.05) is 6.26 Å². The lowest BCUT2D eigenvalue weighted by molar-refractivity contribution is -0.131. The number of sulfonamides is 2. The maximum atomic E-state index is 13.6. The molecule has 7 nitrogen and oxygen atoms in total. The molecule has 0 saturated carbocycles. The van der Waals surface area contributed by atoms with Crippen LogP contribution in [0.15, 0.2) is 53.4 Å². The fourth-order valence-electron chi connectivity index (χ4n) is 3.00. The van der Waals surface area contributed by atoms with E-state index in [9.17, 15) is 48.0 Å². The van der Waals surface area contributed by atoms with Crippen LogP contribution in [0.25, 0.3) is 0 Å². The van der Waals surface area contributed by atoms with Gasteiger partial charge in [-0.25, -0.2) is 16.8 Å². The van der Waals surface area contributed by atoms with Crippen molar-refractivity contribution in [2.24, 2.45) is 0 Å². The van der Waals surface area contributed by atoms with Crippen molar-refractivity contribution >= 4 is 36.2 Å². The largest absolute Gasteiger partial charge is 0.513 e. The summed E-state index contributed by atoms with van der Waals surface area (Å²) in [6.07, 6.45) is 0.715. The van der Waals surface area contributed by atoms with Crippen molar-refractivity contribution in [2.45, 2.75) is 35.5 Å². The number of carbonyl (C=O) groups is 1. The molecule has 1 unspecified atom stereocenters. The van der Waals surface area contributed by atoms with E-state index in [1.807, 2.05) is 0 Å². The van der Waals surface area contributed by atoms with E-state index in [1.165, 1.54) is 31.2 Å². The summed E-state index contributed by atoms with van der Waals surface area (Å²) in [5.74, 6) is -1.74. The molecule has 1 atom stereocenters. The van der Waals surface area contributed by atoms with E-state index in [4.69, 9.17) is 4.74 Å². The van der Waals surface area contributed by atoms with E-state index in [0.29, 0.717) is 11.8 Å². The predicted molar refractivity (Wildman–Crippen MR) is 116 cm³/mol. The molecule has 0 aliphatic rings. The Bertz CT molecular complexity index is 1260. The van der Waals surface area contributed by atoms with Crippen molar-refractivity contribution in [3.63, 3.8) is 0 Å². The van der Waals surface area contributed by atoms with E-state index >= 15 is 0 Å². The summed E-state index contributed by atoms with van der Waals surface area (Å²) in [6, 6.07) is 9.55. The highest BCUT2D eigenvalue weighted by Crippen LogP contribution is 2.64. The molecule has 16 heteroatoms. The second kappa shape index (κ2) is 9.63. The minimum absolute atomic E-state index is 0.119. The van der Waals surface area contributed by atoms with Gasteiger partial charge in [0, 0.05) is 17.6 Å². The van der Waals surface area contributed by atoms with Crippen LogP contribution in [-0.2, 0) is 30.6 Å². The molecule has 0 radical (unpaired) electrons. The van der Waals surface area contributed by atoms with Gasteiger partial charge in [0.1, 0.15) is 5.75 Å². The number of hydrogen-bond donors (Lipinski definition) is 0. The molecule has 2 aromatic rings. The van der Waals surface area contributed by atoms with E-state index in [0.717, 1.165) is 31.2 Å². The van der Waals surface area contributed by atoms with Gasteiger partial charge in [-0.2, -0.15) is 26.3 Å². The van der Waals surface area contributed by atoms with Crippen LogP contribution >= 0.6 is 10.2 Å². The summed E-state index contributed by atoms with van der Waals surface area (Å²) < 4.78 is 134. The normalized spacial score (nSPS) is 15.9. The zero-order valence-electron chi connectivity index (χ0n) is 18.2. The lowest BCUT2D eigenvalue weighted by Gasteiger charge is -2.44. The molecule has 0 aromatic heterocycles. The molecule has 0 spiro atoms. The van der Waals surface area contributed by atoms with Crippen LogP contribution in [0.5, 0.6) is 5.75 Å². The van der Waals surface area contributed by atoms with Gasteiger partial charge < -0.3 is 4.74 Å². The fourth-order valence-corrected chi connectivity index (χ4v) is 11.8. The molecule has 0 saturated heterocycles. The van der Waals surface area contributed by atoms with Crippen LogP contribution in [0, 0.1) is 6.92 Å². The number of alkyl halides is 6. The molecule has 196 valence electrons. The minimum atomic E-state index is -7.07. The summed E-state index contributed by atoms with van der Waals surface area (Å²) in [5.41, 5.74) is -12.3. The summed E-state index contributed by atoms with van der Waals surface area (Å²) in [5, 5.41) is 0. The maximum absolute atomic E-state index is 13.6. The fraction of sp³-hybridized carbons (Fsp3) is 0.316. The number of benzene rings is 2. The van der Waals surface area contributed by atoms with Gasteiger partial charge in [-0.1, -0.05) is 24.3 Å². The zero-order chi connectivity index (χ0) is 27.0. The minimum Gasteiger partial charge on any atom is -0.427 e. The molecule has 2 rings (SSSR count). The first-order chi connectivity index (χ1) is 15.7. The Balaban J connectivity index is 2.95. The Morgan fingerprint density at radius 2 is 1.31 bits per heavy atom. The van der Waals surface area contributed by atoms with Crippen LogP contribution in [0.3, 0.4) is 0 Å². The molecular formula is C19H19F6NO6S3. The Kier molecular flexibility index (Phi) is 7.96. The molecular weight excluding hydrogens is 548 g/mol. The van der Waals surface area contributed by atoms with Crippen LogP contribution in [0.2, 0.25) is 0 Å². The molecule has 0 aliphatic heterocycles. The van der Waals surface area contributed by atoms with E-state index in [1.54, 1.807) is 0 Å². The number of nitrogens with zero attached hydrogens (tertiary/aromatic N) is 1. The van der Waals surface area contributed by atoms with Crippen molar-refractivity contribution in [1.29, 1.82) is 0 Å². The smallest absolute Gasteiger partial charge is 0.427 e. The number of aryl methyl sites for hydroxylation is 1. The molecule has 0 bridgehead atoms. The topological polar surface area (TPSA) is 97.8 Å². The molecule has 2 aromatic carbocycles. The molecule has 0 amide bonds. The molecule has 35 heavy (non-hydrogen) atoms. The summed E-state index contributed by atoms with van der Waals surface area (Å²) >= 11 is 0. The molecule has 0 N–H and O–H groups in total. The zero-order valence-corrected chi connectivity index (χ0v) is 20.7. The highest BCUT2D eigenvalue weighted by atomic mass is 32.4. The Morgan fingerprint density at radius 3 is 1.71 bits per heavy atom. The van der Waals surface area contributed by atoms with Gasteiger partial charge in [0.2, 0.25) is 0 Å². The van der Waals surface area contributed by atoms with Crippen molar-refractivity contribution < 1.29 is 52.7 Å². The van der Waals surface area contributed by atoms with Gasteiger partial charge in [-0.15, -0.1) is 10.2 Å². The van der Waals surface area contributed by atoms with Crippen LogP contribution < -0.4 is 4.74 Å². The standard InChI is InChI=1S/C19H19F6NO6S3/c1-13-6-4-5-7-15(13)12-33(3,17-10-8-16(9-11-17)32-14(2)27)26(34(28,29)18(20,21)22)35(30,31)19(23,24)25/h4-11H,12H2,1-3H3. The van der Waals surface area contributed by atoms with Crippen molar-refractivity contribution in [3.8, 4) is 5.75 Å². The van der Waals surface area contributed by atoms with Crippen molar-refractivity contribution in [3.05, 3.63) is 59.7 Å². The summed E-state index contributed by atoms with van der Waals surface area (Å²) in [4.78, 5) is 10.7. The number of rotatable bonds is 7. The summed E-state index contributed by atoms with van der Waals surface area (Å²) in [6.45, 7) is 2.51. The monoisotopic (exact) mass is 567 g/mol. The van der Waals surface area contributed by atoms with E-state index < -0.39 is 61.0 Å². The third-order valence-electron chi connectivity index (χ3n) is 4.60. The SMILES string of the molecule is CC(=O)Oc1ccc(S(C)(Cc2ccccc2C)N(S(=O)(=O)C(F)(F)F)S(=O)(=O)C(F)(F)F)cc1. The highest BCUT2D eigenvalue weighted by molar-refractivity contribution is 8.40. The average molecular weight is 568 g/mol.